The van der Waals surface area contributed by atoms with Crippen molar-refractivity contribution in [1.29, 1.82) is 0 Å². The maximum Gasteiger partial charge on any atom is 0.137 e. The Morgan fingerprint density at radius 2 is 2.08 bits per heavy atom. The van der Waals surface area contributed by atoms with Crippen LogP contribution in [0.15, 0.2) is 0 Å². The first-order valence-corrected chi connectivity index (χ1v) is 5.71. The van der Waals surface area contributed by atoms with E-state index < -0.39 is 0 Å². The summed E-state index contributed by atoms with van der Waals surface area (Å²) in [5, 5.41) is 0. The van der Waals surface area contributed by atoms with E-state index in [0.717, 1.165) is 18.3 Å². The standard InChI is InChI=1S/C12H16O/c1-11-6-10(13)9-5-12(9,11)8-3-2-7(11)4-8/h7-9H,2-6H2,1H3/t7-,8+,9-,11+,12+/m1/s1. The lowest BCUT2D eigenvalue weighted by atomic mass is 9.65. The van der Waals surface area contributed by atoms with Crippen molar-refractivity contribution in [3.05, 3.63) is 0 Å². The molecule has 13 heavy (non-hydrogen) atoms. The summed E-state index contributed by atoms with van der Waals surface area (Å²) < 4.78 is 0. The Bertz CT molecular complexity index is 311. The van der Waals surface area contributed by atoms with Crippen molar-refractivity contribution in [1.82, 2.24) is 0 Å². The predicted molar refractivity (Wildman–Crippen MR) is 49.1 cm³/mol. The first-order chi connectivity index (χ1) is 6.18. The monoisotopic (exact) mass is 176 g/mol. The van der Waals surface area contributed by atoms with Crippen molar-refractivity contribution in [3.8, 4) is 0 Å². The first-order valence-electron chi connectivity index (χ1n) is 5.71. The lowest BCUT2D eigenvalue weighted by Crippen LogP contribution is -2.32. The van der Waals surface area contributed by atoms with Crippen LogP contribution in [0.1, 0.15) is 39.0 Å². The molecule has 2 bridgehead atoms. The van der Waals surface area contributed by atoms with Gasteiger partial charge in [-0.25, -0.2) is 0 Å². The molecule has 0 saturated heterocycles. The maximum atomic E-state index is 11.7. The summed E-state index contributed by atoms with van der Waals surface area (Å²) in [4.78, 5) is 11.7. The van der Waals surface area contributed by atoms with E-state index in [-0.39, 0.29) is 0 Å². The normalized spacial score (nSPS) is 66.8. The second-order valence-electron chi connectivity index (χ2n) is 6.06. The van der Waals surface area contributed by atoms with Gasteiger partial charge in [0.25, 0.3) is 0 Å². The third kappa shape index (κ3) is 0.480. The fraction of sp³-hybridized carbons (Fsp3) is 0.917. The van der Waals surface area contributed by atoms with Gasteiger partial charge in [-0.15, -0.1) is 0 Å². The molecule has 4 saturated carbocycles. The number of hydrogen-bond donors (Lipinski definition) is 0. The zero-order valence-electron chi connectivity index (χ0n) is 8.18. The van der Waals surface area contributed by atoms with Crippen LogP contribution in [-0.4, -0.2) is 5.78 Å². The summed E-state index contributed by atoms with van der Waals surface area (Å²) in [6.07, 6.45) is 6.51. The molecule has 1 nitrogen and oxygen atoms in total. The molecule has 5 atom stereocenters. The van der Waals surface area contributed by atoms with Gasteiger partial charge in [-0.05, 0) is 48.3 Å². The molecule has 0 aromatic carbocycles. The van der Waals surface area contributed by atoms with E-state index in [2.05, 4.69) is 6.92 Å². The Balaban J connectivity index is 1.92. The quantitative estimate of drug-likeness (QED) is 0.554. The van der Waals surface area contributed by atoms with Crippen LogP contribution in [0.5, 0.6) is 0 Å². The minimum absolute atomic E-state index is 0.456. The van der Waals surface area contributed by atoms with Crippen LogP contribution >= 0.6 is 0 Å². The molecule has 4 aliphatic rings. The minimum atomic E-state index is 0.456. The third-order valence-corrected chi connectivity index (χ3v) is 6.06. The highest BCUT2D eigenvalue weighted by molar-refractivity contribution is 5.90. The average molecular weight is 176 g/mol. The summed E-state index contributed by atoms with van der Waals surface area (Å²) in [6, 6.07) is 0. The first kappa shape index (κ1) is 7.03. The summed E-state index contributed by atoms with van der Waals surface area (Å²) in [6.45, 7) is 2.42. The molecule has 0 unspecified atom stereocenters. The summed E-state index contributed by atoms with van der Waals surface area (Å²) >= 11 is 0. The number of hydrogen-bond acceptors (Lipinski definition) is 1. The van der Waals surface area contributed by atoms with E-state index in [1.807, 2.05) is 0 Å². The van der Waals surface area contributed by atoms with Crippen LogP contribution in [0.3, 0.4) is 0 Å². The van der Waals surface area contributed by atoms with Crippen molar-refractivity contribution in [2.45, 2.75) is 39.0 Å². The average Bonchev–Trinajstić information content (AvgIpc) is 2.46. The highest BCUT2D eigenvalue weighted by atomic mass is 16.1. The largest absolute Gasteiger partial charge is 0.299 e. The molecule has 1 heteroatoms. The van der Waals surface area contributed by atoms with Gasteiger partial charge in [-0.1, -0.05) is 6.92 Å². The zero-order chi connectivity index (χ0) is 8.84. The molecule has 4 rings (SSSR count). The predicted octanol–water partition coefficient (Wildman–Crippen LogP) is 2.40. The van der Waals surface area contributed by atoms with E-state index in [1.54, 1.807) is 0 Å². The van der Waals surface area contributed by atoms with E-state index in [4.69, 9.17) is 0 Å². The highest BCUT2D eigenvalue weighted by Gasteiger charge is 2.80. The van der Waals surface area contributed by atoms with Crippen LogP contribution in [0.2, 0.25) is 0 Å². The topological polar surface area (TPSA) is 17.1 Å². The second-order valence-corrected chi connectivity index (χ2v) is 6.06. The van der Waals surface area contributed by atoms with Crippen LogP contribution in [0, 0.1) is 28.6 Å². The molecular formula is C12H16O. The van der Waals surface area contributed by atoms with Crippen LogP contribution < -0.4 is 0 Å². The summed E-state index contributed by atoms with van der Waals surface area (Å²) in [5.74, 6) is 2.99. The van der Waals surface area contributed by atoms with Crippen molar-refractivity contribution >= 4 is 5.78 Å². The van der Waals surface area contributed by atoms with E-state index in [1.165, 1.54) is 25.7 Å². The van der Waals surface area contributed by atoms with Gasteiger partial charge in [0.2, 0.25) is 0 Å². The summed E-state index contributed by atoms with van der Waals surface area (Å²) in [7, 11) is 0. The Morgan fingerprint density at radius 1 is 1.31 bits per heavy atom. The lowest BCUT2D eigenvalue weighted by molar-refractivity contribution is -0.120. The fourth-order valence-corrected chi connectivity index (χ4v) is 5.43. The Hall–Kier alpha value is -0.330. The summed E-state index contributed by atoms with van der Waals surface area (Å²) in [5.41, 5.74) is 1.00. The van der Waals surface area contributed by atoms with Crippen LogP contribution in [-0.2, 0) is 4.79 Å². The van der Waals surface area contributed by atoms with Crippen LogP contribution in [0.4, 0.5) is 0 Å². The Kier molecular flexibility index (Phi) is 0.874. The third-order valence-electron chi connectivity index (χ3n) is 6.06. The lowest BCUT2D eigenvalue weighted by Gasteiger charge is -2.38. The van der Waals surface area contributed by atoms with E-state index in [0.29, 0.717) is 22.5 Å². The number of fused-ring (bicyclic) bond motifs is 3. The SMILES string of the molecule is C[C@@]12CC(=O)[C@H]3C[C@]31[C@H]1CC[C@@H]2C1. The van der Waals surface area contributed by atoms with Crippen molar-refractivity contribution in [2.75, 3.05) is 0 Å². The molecule has 70 valence electrons. The van der Waals surface area contributed by atoms with Crippen molar-refractivity contribution < 1.29 is 4.79 Å². The van der Waals surface area contributed by atoms with Gasteiger partial charge in [0.15, 0.2) is 0 Å². The van der Waals surface area contributed by atoms with Gasteiger partial charge in [0.05, 0.1) is 0 Å². The Morgan fingerprint density at radius 3 is 2.77 bits per heavy atom. The smallest absolute Gasteiger partial charge is 0.137 e. The van der Waals surface area contributed by atoms with Gasteiger partial charge in [-0.2, -0.15) is 0 Å². The molecule has 4 aliphatic carbocycles. The number of carbonyl (C=O) groups is 1. The second kappa shape index (κ2) is 1.62. The van der Waals surface area contributed by atoms with E-state index >= 15 is 0 Å². The van der Waals surface area contributed by atoms with Gasteiger partial charge in [0.1, 0.15) is 5.78 Å². The molecular weight excluding hydrogens is 160 g/mol. The highest BCUT2D eigenvalue weighted by Crippen LogP contribution is 2.84. The van der Waals surface area contributed by atoms with Gasteiger partial charge in [0, 0.05) is 12.3 Å². The number of ketones is 1. The molecule has 0 aliphatic heterocycles. The molecule has 0 heterocycles. The van der Waals surface area contributed by atoms with Gasteiger partial charge >= 0.3 is 0 Å². The number of rotatable bonds is 0. The molecule has 0 aromatic rings. The maximum absolute atomic E-state index is 11.7. The minimum Gasteiger partial charge on any atom is -0.299 e. The molecule has 0 amide bonds. The fourth-order valence-electron chi connectivity index (χ4n) is 5.43. The van der Waals surface area contributed by atoms with Gasteiger partial charge < -0.3 is 0 Å². The number of Topliss-reactive ketones (excluding diaryl/α,β-unsaturated/α-hetero) is 1. The molecule has 1 spiro atoms. The zero-order valence-corrected chi connectivity index (χ0v) is 8.18. The molecule has 0 aromatic heterocycles. The van der Waals surface area contributed by atoms with Crippen molar-refractivity contribution in [2.24, 2.45) is 28.6 Å². The molecule has 0 N–H and O–H groups in total. The van der Waals surface area contributed by atoms with Crippen LogP contribution in [0.25, 0.3) is 0 Å². The van der Waals surface area contributed by atoms with Gasteiger partial charge in [-0.3, -0.25) is 4.79 Å². The molecule has 0 radical (unpaired) electrons. The van der Waals surface area contributed by atoms with Crippen molar-refractivity contribution in [3.63, 3.8) is 0 Å². The number of carbonyl (C=O) groups excluding carboxylic acids is 1. The molecule has 4 fully saturated rings. The Labute approximate surface area is 78.9 Å². The van der Waals surface area contributed by atoms with E-state index in [9.17, 15) is 4.79 Å².